The van der Waals surface area contributed by atoms with Gasteiger partial charge in [-0.05, 0) is 18.8 Å². The first kappa shape index (κ1) is 17.6. The van der Waals surface area contributed by atoms with Gasteiger partial charge in [-0.25, -0.2) is 0 Å². The molecule has 0 bridgehead atoms. The monoisotopic (exact) mass is 248 g/mol. The van der Waals surface area contributed by atoms with Crippen LogP contribution in [0, 0.1) is 31.6 Å². The van der Waals surface area contributed by atoms with Gasteiger partial charge in [0.25, 0.3) is 0 Å². The maximum atomic E-state index is 3.87. The number of hydrogen-bond acceptors (Lipinski definition) is 0. The average Bonchev–Trinajstić information content (AvgIpc) is 2.37. The van der Waals surface area contributed by atoms with Crippen molar-refractivity contribution in [3.8, 4) is 11.8 Å². The smallest absolute Gasteiger partial charge is 0.0114 e. The Labute approximate surface area is 116 Å². The number of rotatable bonds is 11. The van der Waals surface area contributed by atoms with Crippen LogP contribution in [0.4, 0.5) is 0 Å². The van der Waals surface area contributed by atoms with Crippen LogP contribution in [0.5, 0.6) is 0 Å². The summed E-state index contributed by atoms with van der Waals surface area (Å²) in [5, 5.41) is 0. The molecule has 0 heterocycles. The zero-order chi connectivity index (χ0) is 13.5. The Morgan fingerprint density at radius 1 is 0.778 bits per heavy atom. The Hall–Kier alpha value is -0.440. The van der Waals surface area contributed by atoms with Gasteiger partial charge in [-0.15, -0.1) is 11.8 Å². The molecule has 104 valence electrons. The molecule has 18 heavy (non-hydrogen) atoms. The van der Waals surface area contributed by atoms with E-state index in [0.717, 1.165) is 38.0 Å². The molecule has 2 radical (unpaired) electrons. The molecule has 1 unspecified atom stereocenters. The normalized spacial score (nSPS) is 11.9. The molecule has 1 atom stereocenters. The molecule has 0 rings (SSSR count). The van der Waals surface area contributed by atoms with Gasteiger partial charge in [0.15, 0.2) is 0 Å². The first-order valence-corrected chi connectivity index (χ1v) is 7.85. The van der Waals surface area contributed by atoms with E-state index in [0.29, 0.717) is 0 Å². The third kappa shape index (κ3) is 13.6. The molecule has 0 aliphatic rings. The van der Waals surface area contributed by atoms with E-state index in [1.165, 1.54) is 44.9 Å². The molecule has 0 saturated heterocycles. The van der Waals surface area contributed by atoms with Crippen molar-refractivity contribution in [2.24, 2.45) is 5.92 Å². The van der Waals surface area contributed by atoms with Crippen LogP contribution in [0.3, 0.4) is 0 Å². The highest BCUT2D eigenvalue weighted by Gasteiger charge is 1.99. The topological polar surface area (TPSA) is 0 Å². The third-order valence-corrected chi connectivity index (χ3v) is 3.32. The van der Waals surface area contributed by atoms with Crippen LogP contribution in [0.1, 0.15) is 84.0 Å². The number of unbranched alkanes of at least 4 members (excludes halogenated alkanes) is 8. The van der Waals surface area contributed by atoms with Crippen molar-refractivity contribution >= 4 is 0 Å². The van der Waals surface area contributed by atoms with Crippen molar-refractivity contribution in [2.75, 3.05) is 0 Å². The molecule has 0 aromatic heterocycles. The lowest BCUT2D eigenvalue weighted by Gasteiger charge is -2.07. The van der Waals surface area contributed by atoms with Gasteiger partial charge in [-0.3, -0.25) is 0 Å². The second-order valence-electron chi connectivity index (χ2n) is 5.38. The van der Waals surface area contributed by atoms with Gasteiger partial charge in [0, 0.05) is 12.8 Å². The molecular formula is C18H32. The summed E-state index contributed by atoms with van der Waals surface area (Å²) in [4.78, 5) is 0. The summed E-state index contributed by atoms with van der Waals surface area (Å²) < 4.78 is 0. The van der Waals surface area contributed by atoms with Crippen molar-refractivity contribution in [1.82, 2.24) is 0 Å². The quantitative estimate of drug-likeness (QED) is 0.312. The van der Waals surface area contributed by atoms with Gasteiger partial charge in [-0.1, -0.05) is 72.1 Å². The molecular weight excluding hydrogens is 216 g/mol. The Bertz CT molecular complexity index is 206. The standard InChI is InChI=1S/C18H32/c1-4-6-8-10-11-13-15-17-18(3)16-14-12-9-7-5-2/h18H,1-2,4-11,13,15-17H2,3H3. The predicted molar refractivity (Wildman–Crippen MR) is 83.1 cm³/mol. The average molecular weight is 248 g/mol. The molecule has 0 N–H and O–H groups in total. The molecule has 0 heteroatoms. The van der Waals surface area contributed by atoms with E-state index < -0.39 is 0 Å². The minimum Gasteiger partial charge on any atom is -0.103 e. The van der Waals surface area contributed by atoms with Crippen molar-refractivity contribution in [2.45, 2.75) is 84.0 Å². The van der Waals surface area contributed by atoms with E-state index in [-0.39, 0.29) is 0 Å². The minimum absolute atomic E-state index is 0.775. The Morgan fingerprint density at radius 2 is 1.39 bits per heavy atom. The van der Waals surface area contributed by atoms with E-state index in [1.54, 1.807) is 0 Å². The lowest BCUT2D eigenvalue weighted by molar-refractivity contribution is 0.490. The van der Waals surface area contributed by atoms with Crippen LogP contribution in [0.15, 0.2) is 0 Å². The largest absolute Gasteiger partial charge is 0.103 e. The first-order valence-electron chi connectivity index (χ1n) is 7.85. The maximum absolute atomic E-state index is 3.87. The third-order valence-electron chi connectivity index (χ3n) is 3.32. The van der Waals surface area contributed by atoms with Crippen LogP contribution >= 0.6 is 0 Å². The highest BCUT2D eigenvalue weighted by Crippen LogP contribution is 2.14. The van der Waals surface area contributed by atoms with Crippen molar-refractivity contribution in [1.29, 1.82) is 0 Å². The fraction of sp³-hybridized carbons (Fsp3) is 0.778. The molecule has 0 spiro atoms. The summed E-state index contributed by atoms with van der Waals surface area (Å²) in [6.07, 6.45) is 15.0. The van der Waals surface area contributed by atoms with Gasteiger partial charge < -0.3 is 0 Å². The summed E-state index contributed by atoms with van der Waals surface area (Å²) in [5.74, 6) is 7.33. The SMILES string of the molecule is [CH2]CCCC#CCC(C)CCCCCCCC[CH2]. The van der Waals surface area contributed by atoms with E-state index in [4.69, 9.17) is 0 Å². The second kappa shape index (κ2) is 14.6. The zero-order valence-electron chi connectivity index (χ0n) is 12.5. The molecule has 0 nitrogen and oxygen atoms in total. The van der Waals surface area contributed by atoms with Crippen LogP contribution < -0.4 is 0 Å². The minimum atomic E-state index is 0.775. The van der Waals surface area contributed by atoms with Gasteiger partial charge in [0.05, 0.1) is 0 Å². The Balaban J connectivity index is 3.25. The first-order chi connectivity index (χ1) is 8.81. The van der Waals surface area contributed by atoms with Crippen molar-refractivity contribution in [3.05, 3.63) is 13.8 Å². The summed E-state index contributed by atoms with van der Waals surface area (Å²) >= 11 is 0. The highest BCUT2D eigenvalue weighted by atomic mass is 14.0. The summed E-state index contributed by atoms with van der Waals surface area (Å²) in [6, 6.07) is 0. The molecule has 0 aromatic carbocycles. The van der Waals surface area contributed by atoms with Crippen LogP contribution in [0.25, 0.3) is 0 Å². The molecule has 0 aliphatic heterocycles. The maximum Gasteiger partial charge on any atom is 0.0114 e. The van der Waals surface area contributed by atoms with E-state index in [1.807, 2.05) is 0 Å². The van der Waals surface area contributed by atoms with E-state index >= 15 is 0 Å². The summed E-state index contributed by atoms with van der Waals surface area (Å²) in [5.41, 5.74) is 0. The van der Waals surface area contributed by atoms with Crippen molar-refractivity contribution < 1.29 is 0 Å². The summed E-state index contributed by atoms with van der Waals surface area (Å²) in [6.45, 7) is 10.0. The lowest BCUT2D eigenvalue weighted by atomic mass is 9.99. The second-order valence-corrected chi connectivity index (χ2v) is 5.38. The Morgan fingerprint density at radius 3 is 2.06 bits per heavy atom. The van der Waals surface area contributed by atoms with Crippen molar-refractivity contribution in [3.63, 3.8) is 0 Å². The van der Waals surface area contributed by atoms with E-state index in [9.17, 15) is 0 Å². The molecule has 0 amide bonds. The van der Waals surface area contributed by atoms with Gasteiger partial charge in [-0.2, -0.15) is 0 Å². The fourth-order valence-electron chi connectivity index (χ4n) is 2.03. The molecule has 0 aromatic rings. The lowest BCUT2D eigenvalue weighted by Crippen LogP contribution is -1.93. The zero-order valence-corrected chi connectivity index (χ0v) is 12.5. The highest BCUT2D eigenvalue weighted by molar-refractivity contribution is 4.99. The van der Waals surface area contributed by atoms with Crippen LogP contribution in [-0.4, -0.2) is 0 Å². The van der Waals surface area contributed by atoms with Crippen LogP contribution in [0.2, 0.25) is 0 Å². The van der Waals surface area contributed by atoms with Gasteiger partial charge in [0.2, 0.25) is 0 Å². The number of hydrogen-bond donors (Lipinski definition) is 0. The molecule has 0 fully saturated rings. The molecule has 0 saturated carbocycles. The summed E-state index contributed by atoms with van der Waals surface area (Å²) in [7, 11) is 0. The van der Waals surface area contributed by atoms with Gasteiger partial charge in [0.1, 0.15) is 0 Å². The fourth-order valence-corrected chi connectivity index (χ4v) is 2.03. The van der Waals surface area contributed by atoms with Gasteiger partial charge >= 0.3 is 0 Å². The van der Waals surface area contributed by atoms with E-state index in [2.05, 4.69) is 32.6 Å². The van der Waals surface area contributed by atoms with Crippen LogP contribution in [-0.2, 0) is 0 Å². The molecule has 0 aliphatic carbocycles. The Kier molecular flexibility index (Phi) is 14.3. The predicted octanol–water partition coefficient (Wildman–Crippen LogP) is 5.98.